The first-order valence-electron chi connectivity index (χ1n) is 7.17. The van der Waals surface area contributed by atoms with E-state index < -0.39 is 5.97 Å². The molecule has 0 unspecified atom stereocenters. The number of nitrogens with zero attached hydrogens (tertiary/aromatic N) is 2. The van der Waals surface area contributed by atoms with Crippen LogP contribution < -0.4 is 0 Å². The molecule has 0 radical (unpaired) electrons. The van der Waals surface area contributed by atoms with Crippen LogP contribution in [0.15, 0.2) is 27.8 Å². The largest absolute Gasteiger partial charge is 0.481 e. The zero-order valence-corrected chi connectivity index (χ0v) is 14.0. The fourth-order valence-electron chi connectivity index (χ4n) is 2.96. The molecule has 0 atom stereocenters. The third kappa shape index (κ3) is 3.26. The number of thioether (sulfide) groups is 1. The Balaban J connectivity index is 2.04. The van der Waals surface area contributed by atoms with E-state index in [2.05, 4.69) is 31.5 Å². The number of halogens is 1. The number of fused-ring (bicyclic) bond motifs is 1. The minimum Gasteiger partial charge on any atom is -0.481 e. The van der Waals surface area contributed by atoms with Gasteiger partial charge in [0.25, 0.3) is 0 Å². The van der Waals surface area contributed by atoms with Gasteiger partial charge in [-0.1, -0.05) is 47.0 Å². The van der Waals surface area contributed by atoms with Crippen molar-refractivity contribution in [1.82, 2.24) is 9.55 Å². The predicted molar refractivity (Wildman–Crippen MR) is 87.9 cm³/mol. The highest BCUT2D eigenvalue weighted by molar-refractivity contribution is 9.10. The Morgan fingerprint density at radius 2 is 2.14 bits per heavy atom. The maximum Gasteiger partial charge on any atom is 0.313 e. The van der Waals surface area contributed by atoms with E-state index in [1.807, 2.05) is 12.1 Å². The van der Waals surface area contributed by atoms with Gasteiger partial charge in [0.15, 0.2) is 5.16 Å². The monoisotopic (exact) mass is 368 g/mol. The number of carbonyl (C=O) groups is 1. The van der Waals surface area contributed by atoms with Gasteiger partial charge < -0.3 is 9.67 Å². The van der Waals surface area contributed by atoms with Crippen molar-refractivity contribution in [3.63, 3.8) is 0 Å². The van der Waals surface area contributed by atoms with Gasteiger partial charge in [-0.3, -0.25) is 4.79 Å². The predicted octanol–water partition coefficient (Wildman–Crippen LogP) is 4.48. The van der Waals surface area contributed by atoms with Gasteiger partial charge in [0.05, 0.1) is 16.8 Å². The number of rotatable bonds is 4. The lowest BCUT2D eigenvalue weighted by Gasteiger charge is -2.25. The van der Waals surface area contributed by atoms with E-state index in [0.29, 0.717) is 6.04 Å². The zero-order valence-electron chi connectivity index (χ0n) is 11.6. The first-order valence-corrected chi connectivity index (χ1v) is 8.95. The van der Waals surface area contributed by atoms with Crippen LogP contribution in [0.2, 0.25) is 0 Å². The van der Waals surface area contributed by atoms with Crippen LogP contribution in [0.25, 0.3) is 11.0 Å². The lowest BCUT2D eigenvalue weighted by atomic mass is 9.95. The number of aromatic nitrogens is 2. The third-order valence-corrected chi connectivity index (χ3v) is 5.31. The Bertz CT molecular complexity index is 665. The Hall–Kier alpha value is -1.01. The van der Waals surface area contributed by atoms with E-state index in [0.717, 1.165) is 33.5 Å². The number of hydrogen-bond acceptors (Lipinski definition) is 3. The molecule has 0 amide bonds. The Kier molecular flexibility index (Phi) is 4.54. The minimum absolute atomic E-state index is 0.0528. The standard InChI is InChI=1S/C15H17BrN2O2S/c16-10-6-7-12-13(8-10)18(11-4-2-1-3-5-11)15(17-12)21-9-14(19)20/h6-8,11H,1-5,9H2,(H,19,20). The lowest BCUT2D eigenvalue weighted by molar-refractivity contribution is -0.133. The molecule has 0 bridgehead atoms. The van der Waals surface area contributed by atoms with Crippen LogP contribution in [0, 0.1) is 0 Å². The van der Waals surface area contributed by atoms with Gasteiger partial charge in [-0.25, -0.2) is 4.98 Å². The molecular weight excluding hydrogens is 352 g/mol. The highest BCUT2D eigenvalue weighted by Crippen LogP contribution is 2.36. The van der Waals surface area contributed by atoms with Crippen molar-refractivity contribution in [3.05, 3.63) is 22.7 Å². The molecule has 6 heteroatoms. The van der Waals surface area contributed by atoms with E-state index in [4.69, 9.17) is 5.11 Å². The second-order valence-electron chi connectivity index (χ2n) is 5.37. The molecule has 4 nitrogen and oxygen atoms in total. The van der Waals surface area contributed by atoms with E-state index in [-0.39, 0.29) is 5.75 Å². The maximum atomic E-state index is 10.9. The summed E-state index contributed by atoms with van der Waals surface area (Å²) in [5.74, 6) is -0.750. The molecule has 0 spiro atoms. The molecule has 1 N–H and O–H groups in total. The molecule has 112 valence electrons. The van der Waals surface area contributed by atoms with Crippen LogP contribution in [0.5, 0.6) is 0 Å². The van der Waals surface area contributed by atoms with Crippen LogP contribution in [-0.4, -0.2) is 26.4 Å². The maximum absolute atomic E-state index is 10.9. The van der Waals surface area contributed by atoms with Crippen molar-refractivity contribution in [2.24, 2.45) is 0 Å². The number of imidazole rings is 1. The van der Waals surface area contributed by atoms with Crippen molar-refractivity contribution < 1.29 is 9.90 Å². The summed E-state index contributed by atoms with van der Waals surface area (Å²) < 4.78 is 3.29. The minimum atomic E-state index is -0.802. The van der Waals surface area contributed by atoms with Crippen LogP contribution >= 0.6 is 27.7 Å². The summed E-state index contributed by atoms with van der Waals surface area (Å²) in [5, 5.41) is 9.76. The van der Waals surface area contributed by atoms with Crippen LogP contribution in [0.4, 0.5) is 0 Å². The molecule has 1 saturated carbocycles. The van der Waals surface area contributed by atoms with Crippen molar-refractivity contribution in [1.29, 1.82) is 0 Å². The summed E-state index contributed by atoms with van der Waals surface area (Å²) in [5.41, 5.74) is 2.04. The molecular formula is C15H17BrN2O2S. The molecule has 0 aliphatic heterocycles. The van der Waals surface area contributed by atoms with E-state index in [1.54, 1.807) is 0 Å². The summed E-state index contributed by atoms with van der Waals surface area (Å²) in [6.45, 7) is 0. The average molecular weight is 369 g/mol. The summed E-state index contributed by atoms with van der Waals surface area (Å²) in [4.78, 5) is 15.5. The van der Waals surface area contributed by atoms with E-state index >= 15 is 0 Å². The molecule has 1 heterocycles. The SMILES string of the molecule is O=C(O)CSc1nc2ccc(Br)cc2n1C1CCCCC1. The number of aliphatic carboxylic acids is 1. The zero-order chi connectivity index (χ0) is 14.8. The second kappa shape index (κ2) is 6.40. The van der Waals surface area contributed by atoms with Crippen LogP contribution in [0.1, 0.15) is 38.1 Å². The average Bonchev–Trinajstić information content (AvgIpc) is 2.83. The Morgan fingerprint density at radius 1 is 1.38 bits per heavy atom. The molecule has 1 fully saturated rings. The van der Waals surface area contributed by atoms with Gasteiger partial charge in [0.2, 0.25) is 0 Å². The number of hydrogen-bond donors (Lipinski definition) is 1. The van der Waals surface area contributed by atoms with Crippen molar-refractivity contribution in [2.45, 2.75) is 43.3 Å². The highest BCUT2D eigenvalue weighted by Gasteiger charge is 2.22. The highest BCUT2D eigenvalue weighted by atomic mass is 79.9. The first kappa shape index (κ1) is 14.9. The smallest absolute Gasteiger partial charge is 0.313 e. The molecule has 1 aromatic heterocycles. The Morgan fingerprint density at radius 3 is 2.86 bits per heavy atom. The summed E-state index contributed by atoms with van der Waals surface area (Å²) in [6, 6.07) is 6.49. The third-order valence-electron chi connectivity index (χ3n) is 3.88. The van der Waals surface area contributed by atoms with Gasteiger partial charge in [0, 0.05) is 10.5 Å². The van der Waals surface area contributed by atoms with Crippen molar-refractivity contribution in [2.75, 3.05) is 5.75 Å². The van der Waals surface area contributed by atoms with Crippen LogP contribution in [-0.2, 0) is 4.79 Å². The summed E-state index contributed by atoms with van der Waals surface area (Å²) in [7, 11) is 0. The molecule has 2 aromatic rings. The number of benzene rings is 1. The molecule has 0 saturated heterocycles. The number of carboxylic acid groups (broad SMARTS) is 1. The van der Waals surface area contributed by atoms with Crippen LogP contribution in [0.3, 0.4) is 0 Å². The van der Waals surface area contributed by atoms with E-state index in [9.17, 15) is 4.79 Å². The summed E-state index contributed by atoms with van der Waals surface area (Å²) >= 11 is 4.84. The first-order chi connectivity index (χ1) is 10.1. The second-order valence-corrected chi connectivity index (χ2v) is 7.23. The quantitative estimate of drug-likeness (QED) is 0.808. The van der Waals surface area contributed by atoms with Gasteiger partial charge in [0.1, 0.15) is 0 Å². The molecule has 3 rings (SSSR count). The van der Waals surface area contributed by atoms with Gasteiger partial charge in [-0.15, -0.1) is 0 Å². The van der Waals surface area contributed by atoms with Gasteiger partial charge in [-0.05, 0) is 31.0 Å². The normalized spacial score (nSPS) is 16.4. The fraction of sp³-hybridized carbons (Fsp3) is 0.467. The topological polar surface area (TPSA) is 55.1 Å². The van der Waals surface area contributed by atoms with Gasteiger partial charge >= 0.3 is 5.97 Å². The van der Waals surface area contributed by atoms with E-state index in [1.165, 1.54) is 31.0 Å². The Labute approximate surface area is 136 Å². The molecule has 21 heavy (non-hydrogen) atoms. The van der Waals surface area contributed by atoms with Crippen molar-refractivity contribution in [3.8, 4) is 0 Å². The lowest BCUT2D eigenvalue weighted by Crippen LogP contribution is -2.14. The van der Waals surface area contributed by atoms with Gasteiger partial charge in [-0.2, -0.15) is 0 Å². The van der Waals surface area contributed by atoms with Crippen molar-refractivity contribution >= 4 is 44.7 Å². The molecule has 1 aromatic carbocycles. The molecule has 1 aliphatic carbocycles. The number of carboxylic acids is 1. The summed E-state index contributed by atoms with van der Waals surface area (Å²) in [6.07, 6.45) is 6.07. The molecule has 1 aliphatic rings. The fourth-order valence-corrected chi connectivity index (χ4v) is 4.12.